The summed E-state index contributed by atoms with van der Waals surface area (Å²) in [5.74, 6) is 0.501. The first-order valence-corrected chi connectivity index (χ1v) is 11.5. The zero-order valence-corrected chi connectivity index (χ0v) is 17.3. The number of amides is 1. The Morgan fingerprint density at radius 2 is 1.48 bits per heavy atom. The lowest BCUT2D eigenvalue weighted by molar-refractivity contribution is -0.135. The van der Waals surface area contributed by atoms with E-state index in [2.05, 4.69) is 13.8 Å². The molecule has 2 aliphatic rings. The van der Waals surface area contributed by atoms with Crippen molar-refractivity contribution in [3.05, 3.63) is 24.5 Å². The van der Waals surface area contributed by atoms with Crippen molar-refractivity contribution in [2.75, 3.05) is 39.3 Å². The van der Waals surface area contributed by atoms with Crippen LogP contribution in [0.1, 0.15) is 45.6 Å². The minimum absolute atomic E-state index is 0.0975. The summed E-state index contributed by atoms with van der Waals surface area (Å²) in [7, 11) is -3.39. The van der Waals surface area contributed by atoms with Gasteiger partial charge in [0.15, 0.2) is 0 Å². The molecule has 7 nitrogen and oxygen atoms in total. The zero-order chi connectivity index (χ0) is 19.4. The molecule has 2 saturated heterocycles. The van der Waals surface area contributed by atoms with E-state index in [0.29, 0.717) is 51.6 Å². The Morgan fingerprint density at radius 1 is 0.889 bits per heavy atom. The van der Waals surface area contributed by atoms with E-state index in [4.69, 9.17) is 0 Å². The minimum atomic E-state index is -3.39. The molecule has 27 heavy (non-hydrogen) atoms. The fourth-order valence-electron chi connectivity index (χ4n) is 3.99. The Bertz CT molecular complexity index is 711. The molecule has 1 atom stereocenters. The Balaban J connectivity index is 1.68. The molecule has 3 rings (SSSR count). The van der Waals surface area contributed by atoms with Crippen molar-refractivity contribution in [2.24, 2.45) is 5.92 Å². The summed E-state index contributed by atoms with van der Waals surface area (Å²) < 4.78 is 30.8. The summed E-state index contributed by atoms with van der Waals surface area (Å²) >= 11 is 0. The van der Waals surface area contributed by atoms with Crippen LogP contribution in [0.2, 0.25) is 0 Å². The van der Waals surface area contributed by atoms with Gasteiger partial charge in [-0.15, -0.1) is 0 Å². The number of carbonyl (C=O) groups is 1. The zero-order valence-electron chi connectivity index (χ0n) is 16.5. The van der Waals surface area contributed by atoms with E-state index in [9.17, 15) is 13.2 Å². The van der Waals surface area contributed by atoms with Crippen molar-refractivity contribution < 1.29 is 13.2 Å². The van der Waals surface area contributed by atoms with Crippen molar-refractivity contribution in [1.82, 2.24) is 18.1 Å². The van der Waals surface area contributed by atoms with Crippen LogP contribution in [0.15, 0.2) is 24.5 Å². The predicted molar refractivity (Wildman–Crippen MR) is 105 cm³/mol. The molecule has 152 valence electrons. The molecule has 0 N–H and O–H groups in total. The summed E-state index contributed by atoms with van der Waals surface area (Å²) in [5.41, 5.74) is 0. The van der Waals surface area contributed by atoms with E-state index in [1.54, 1.807) is 8.61 Å². The highest BCUT2D eigenvalue weighted by atomic mass is 32.2. The van der Waals surface area contributed by atoms with E-state index in [1.807, 2.05) is 34.0 Å². The van der Waals surface area contributed by atoms with Gasteiger partial charge < -0.3 is 9.47 Å². The molecule has 2 fully saturated rings. The Labute approximate surface area is 163 Å². The molecule has 0 unspecified atom stereocenters. The number of hydrogen-bond acceptors (Lipinski definition) is 3. The van der Waals surface area contributed by atoms with Crippen molar-refractivity contribution in [3.8, 4) is 0 Å². The van der Waals surface area contributed by atoms with Crippen LogP contribution in [-0.2, 0) is 15.0 Å². The van der Waals surface area contributed by atoms with Crippen molar-refractivity contribution >= 4 is 16.1 Å². The van der Waals surface area contributed by atoms with Gasteiger partial charge in [-0.05, 0) is 43.7 Å². The minimum Gasteiger partial charge on any atom is -0.342 e. The summed E-state index contributed by atoms with van der Waals surface area (Å²) in [4.78, 5) is 15.1. The number of aromatic nitrogens is 1. The number of hydrogen-bond donors (Lipinski definition) is 0. The maximum Gasteiger partial charge on any atom is 0.282 e. The highest BCUT2D eigenvalue weighted by Crippen LogP contribution is 2.23. The molecule has 0 radical (unpaired) electrons. The first kappa shape index (κ1) is 20.4. The number of nitrogens with zero attached hydrogens (tertiary/aromatic N) is 4. The molecule has 0 aliphatic carbocycles. The summed E-state index contributed by atoms with van der Waals surface area (Å²) in [6.07, 6.45) is 7.20. The highest BCUT2D eigenvalue weighted by molar-refractivity contribution is 7.86. The predicted octanol–water partition coefficient (Wildman–Crippen LogP) is 1.95. The molecule has 8 heteroatoms. The smallest absolute Gasteiger partial charge is 0.282 e. The van der Waals surface area contributed by atoms with Gasteiger partial charge >= 0.3 is 0 Å². The SMILES string of the molecule is CC(C)C[C@H](C(=O)N1CCCN(S(=O)(=O)N2CCCC2)CC1)n1cccc1. The number of carbonyl (C=O) groups excluding carboxylic acids is 1. The second-order valence-electron chi connectivity index (χ2n) is 7.97. The van der Waals surface area contributed by atoms with Gasteiger partial charge in [0, 0.05) is 51.7 Å². The third kappa shape index (κ3) is 4.73. The van der Waals surface area contributed by atoms with E-state index in [-0.39, 0.29) is 11.9 Å². The molecule has 1 aromatic heterocycles. The summed E-state index contributed by atoms with van der Waals surface area (Å²) in [6.45, 7) is 7.42. The normalized spacial score (nSPS) is 21.5. The monoisotopic (exact) mass is 396 g/mol. The summed E-state index contributed by atoms with van der Waals surface area (Å²) in [6, 6.07) is 3.66. The largest absolute Gasteiger partial charge is 0.342 e. The molecule has 0 bridgehead atoms. The second-order valence-corrected chi connectivity index (χ2v) is 9.90. The lowest BCUT2D eigenvalue weighted by Gasteiger charge is -2.29. The molecule has 1 amide bonds. The van der Waals surface area contributed by atoms with Crippen molar-refractivity contribution in [2.45, 2.75) is 45.6 Å². The molecule has 0 saturated carbocycles. The molecule has 1 aromatic rings. The van der Waals surface area contributed by atoms with E-state index >= 15 is 0 Å². The van der Waals surface area contributed by atoms with Gasteiger partial charge in [-0.3, -0.25) is 4.79 Å². The van der Waals surface area contributed by atoms with Crippen LogP contribution >= 0.6 is 0 Å². The topological polar surface area (TPSA) is 65.9 Å². The van der Waals surface area contributed by atoms with Gasteiger partial charge in [0.25, 0.3) is 10.2 Å². The van der Waals surface area contributed by atoms with E-state index in [1.165, 1.54) is 0 Å². The fourth-order valence-corrected chi connectivity index (χ4v) is 5.71. The van der Waals surface area contributed by atoms with Crippen LogP contribution in [0.25, 0.3) is 0 Å². The first-order valence-electron chi connectivity index (χ1n) is 10.1. The van der Waals surface area contributed by atoms with Crippen LogP contribution in [-0.4, -0.2) is 71.7 Å². The van der Waals surface area contributed by atoms with Gasteiger partial charge in [0.2, 0.25) is 5.91 Å². The molecular weight excluding hydrogens is 364 g/mol. The van der Waals surface area contributed by atoms with Crippen molar-refractivity contribution in [3.63, 3.8) is 0 Å². The molecule has 0 spiro atoms. The molecular formula is C19H32N4O3S. The van der Waals surface area contributed by atoms with Gasteiger partial charge in [0.1, 0.15) is 6.04 Å². The van der Waals surface area contributed by atoms with Crippen molar-refractivity contribution in [1.29, 1.82) is 0 Å². The first-order chi connectivity index (χ1) is 12.9. The maximum atomic E-state index is 13.2. The molecule has 2 aliphatic heterocycles. The second kappa shape index (κ2) is 8.75. The average Bonchev–Trinajstić information content (AvgIpc) is 3.29. The van der Waals surface area contributed by atoms with E-state index in [0.717, 1.165) is 19.3 Å². The van der Waals surface area contributed by atoms with Gasteiger partial charge in [-0.2, -0.15) is 17.0 Å². The van der Waals surface area contributed by atoms with Gasteiger partial charge in [-0.25, -0.2) is 0 Å². The fraction of sp³-hybridized carbons (Fsp3) is 0.737. The Kier molecular flexibility index (Phi) is 6.60. The standard InChI is InChI=1S/C19H32N4O3S/c1-17(2)16-18(20-8-3-4-9-20)19(24)21-10-7-13-23(15-14-21)27(25,26)22-11-5-6-12-22/h3-4,8-9,17-18H,5-7,10-16H2,1-2H3/t18-/m1/s1. The Hall–Kier alpha value is -1.38. The van der Waals surface area contributed by atoms with Crippen LogP contribution in [0.3, 0.4) is 0 Å². The Morgan fingerprint density at radius 3 is 2.11 bits per heavy atom. The molecule has 0 aromatic carbocycles. The average molecular weight is 397 g/mol. The lowest BCUT2D eigenvalue weighted by atomic mass is 10.0. The van der Waals surface area contributed by atoms with Crippen LogP contribution in [0.4, 0.5) is 0 Å². The number of rotatable bonds is 6. The van der Waals surface area contributed by atoms with Gasteiger partial charge in [-0.1, -0.05) is 13.8 Å². The summed E-state index contributed by atoms with van der Waals surface area (Å²) in [5, 5.41) is 0. The molecule has 3 heterocycles. The lowest BCUT2D eigenvalue weighted by Crippen LogP contribution is -2.45. The third-order valence-electron chi connectivity index (χ3n) is 5.45. The van der Waals surface area contributed by atoms with Crippen LogP contribution in [0, 0.1) is 5.92 Å². The third-order valence-corrected chi connectivity index (χ3v) is 7.49. The van der Waals surface area contributed by atoms with Crippen LogP contribution < -0.4 is 0 Å². The quantitative estimate of drug-likeness (QED) is 0.738. The highest BCUT2D eigenvalue weighted by Gasteiger charge is 2.34. The van der Waals surface area contributed by atoms with Crippen LogP contribution in [0.5, 0.6) is 0 Å². The maximum absolute atomic E-state index is 13.2. The van der Waals surface area contributed by atoms with E-state index < -0.39 is 10.2 Å². The van der Waals surface area contributed by atoms with Gasteiger partial charge in [0.05, 0.1) is 0 Å².